The average molecular weight is 242 g/mol. The molecule has 0 fully saturated rings. The third-order valence-corrected chi connectivity index (χ3v) is 4.77. The number of rotatable bonds is 4. The van der Waals surface area contributed by atoms with Crippen LogP contribution < -0.4 is 0 Å². The zero-order valence-electron chi connectivity index (χ0n) is 10.8. The highest BCUT2D eigenvalue weighted by molar-refractivity contribution is 7.86. The molecule has 1 heterocycles. The van der Waals surface area contributed by atoms with Gasteiger partial charge in [-0.3, -0.25) is 4.21 Å². The Morgan fingerprint density at radius 2 is 2.06 bits per heavy atom. The normalized spacial score (nSPS) is 16.4. The van der Waals surface area contributed by atoms with E-state index in [1.165, 1.54) is 0 Å². The Morgan fingerprint density at radius 1 is 1.44 bits per heavy atom. The molecule has 1 N–H and O–H groups in total. The summed E-state index contributed by atoms with van der Waals surface area (Å²) in [6, 6.07) is 0. The SMILES string of the molecule is CC(C)[C@H](C[S@@](=O)C(C)(C)C)c1cnc[nH]1. The quantitative estimate of drug-likeness (QED) is 0.882. The summed E-state index contributed by atoms with van der Waals surface area (Å²) in [6.07, 6.45) is 3.52. The van der Waals surface area contributed by atoms with Crippen molar-refractivity contribution in [3.63, 3.8) is 0 Å². The van der Waals surface area contributed by atoms with Crippen molar-refractivity contribution in [1.82, 2.24) is 9.97 Å². The molecule has 4 heteroatoms. The second-order valence-electron chi connectivity index (χ2n) is 5.48. The third kappa shape index (κ3) is 3.44. The molecule has 1 aromatic rings. The maximum atomic E-state index is 12.2. The lowest BCUT2D eigenvalue weighted by Gasteiger charge is -2.24. The molecular formula is C12H22N2OS. The molecule has 0 aliphatic rings. The Morgan fingerprint density at radius 3 is 2.44 bits per heavy atom. The first-order valence-electron chi connectivity index (χ1n) is 5.69. The van der Waals surface area contributed by atoms with Crippen LogP contribution in [-0.4, -0.2) is 24.7 Å². The van der Waals surface area contributed by atoms with E-state index < -0.39 is 10.8 Å². The van der Waals surface area contributed by atoms with Gasteiger partial charge in [0.1, 0.15) is 0 Å². The van der Waals surface area contributed by atoms with Crippen LogP contribution in [0.5, 0.6) is 0 Å². The highest BCUT2D eigenvalue weighted by atomic mass is 32.2. The summed E-state index contributed by atoms with van der Waals surface area (Å²) in [6.45, 7) is 10.4. The van der Waals surface area contributed by atoms with Crippen LogP contribution in [0.3, 0.4) is 0 Å². The Balaban J connectivity index is 2.78. The van der Waals surface area contributed by atoms with Crippen molar-refractivity contribution in [2.75, 3.05) is 5.75 Å². The molecule has 0 amide bonds. The lowest BCUT2D eigenvalue weighted by atomic mass is 9.95. The van der Waals surface area contributed by atoms with Crippen molar-refractivity contribution < 1.29 is 4.21 Å². The van der Waals surface area contributed by atoms with Crippen LogP contribution in [0.4, 0.5) is 0 Å². The Hall–Kier alpha value is -0.640. The first-order chi connectivity index (χ1) is 7.32. The number of H-pyrrole nitrogens is 1. The molecule has 16 heavy (non-hydrogen) atoms. The molecule has 1 rings (SSSR count). The number of nitrogens with one attached hydrogen (secondary N) is 1. The number of aromatic nitrogens is 2. The van der Waals surface area contributed by atoms with Gasteiger partial charge in [-0.25, -0.2) is 4.98 Å². The van der Waals surface area contributed by atoms with E-state index in [-0.39, 0.29) is 4.75 Å². The monoisotopic (exact) mass is 242 g/mol. The molecule has 0 saturated carbocycles. The molecular weight excluding hydrogens is 220 g/mol. The molecule has 0 aliphatic carbocycles. The summed E-state index contributed by atoms with van der Waals surface area (Å²) in [5.74, 6) is 1.46. The van der Waals surface area contributed by atoms with Gasteiger partial charge in [-0.1, -0.05) is 13.8 Å². The summed E-state index contributed by atoms with van der Waals surface area (Å²) in [5, 5.41) is 0. The molecule has 3 nitrogen and oxygen atoms in total. The fourth-order valence-corrected chi connectivity index (χ4v) is 2.91. The fourth-order valence-electron chi connectivity index (χ4n) is 1.52. The zero-order chi connectivity index (χ0) is 12.3. The maximum Gasteiger partial charge on any atom is 0.0921 e. The molecule has 1 aromatic heterocycles. The van der Waals surface area contributed by atoms with Crippen LogP contribution in [-0.2, 0) is 10.8 Å². The van der Waals surface area contributed by atoms with Gasteiger partial charge in [-0.2, -0.15) is 0 Å². The fraction of sp³-hybridized carbons (Fsp3) is 0.750. The van der Waals surface area contributed by atoms with Crippen LogP contribution in [0.2, 0.25) is 0 Å². The number of aromatic amines is 1. The second-order valence-corrected chi connectivity index (χ2v) is 7.73. The molecule has 0 aliphatic heterocycles. The van der Waals surface area contributed by atoms with Gasteiger partial charge in [-0.05, 0) is 26.7 Å². The van der Waals surface area contributed by atoms with Crippen molar-refractivity contribution >= 4 is 10.8 Å². The van der Waals surface area contributed by atoms with Gasteiger partial charge < -0.3 is 4.98 Å². The topological polar surface area (TPSA) is 45.8 Å². The van der Waals surface area contributed by atoms with Gasteiger partial charge in [0.2, 0.25) is 0 Å². The maximum absolute atomic E-state index is 12.2. The van der Waals surface area contributed by atoms with Gasteiger partial charge in [0.25, 0.3) is 0 Å². The van der Waals surface area contributed by atoms with E-state index in [4.69, 9.17) is 0 Å². The van der Waals surface area contributed by atoms with Crippen LogP contribution >= 0.6 is 0 Å². The molecule has 0 aromatic carbocycles. The van der Waals surface area contributed by atoms with Gasteiger partial charge in [0.15, 0.2) is 0 Å². The number of hydrogen-bond donors (Lipinski definition) is 1. The van der Waals surface area contributed by atoms with E-state index in [1.54, 1.807) is 6.33 Å². The van der Waals surface area contributed by atoms with E-state index >= 15 is 0 Å². The highest BCUT2D eigenvalue weighted by Gasteiger charge is 2.26. The van der Waals surface area contributed by atoms with Crippen LogP contribution in [0.25, 0.3) is 0 Å². The van der Waals surface area contributed by atoms with Crippen LogP contribution in [0.1, 0.15) is 46.2 Å². The van der Waals surface area contributed by atoms with Gasteiger partial charge >= 0.3 is 0 Å². The molecule has 0 spiro atoms. The van der Waals surface area contributed by atoms with Gasteiger partial charge in [0.05, 0.1) is 6.33 Å². The average Bonchev–Trinajstić information content (AvgIpc) is 2.63. The highest BCUT2D eigenvalue weighted by Crippen LogP contribution is 2.26. The summed E-state index contributed by atoms with van der Waals surface area (Å²) in [4.78, 5) is 7.17. The van der Waals surface area contributed by atoms with Crippen LogP contribution in [0, 0.1) is 5.92 Å². The summed E-state index contributed by atoms with van der Waals surface area (Å²) < 4.78 is 12.0. The lowest BCUT2D eigenvalue weighted by Crippen LogP contribution is -2.28. The molecule has 92 valence electrons. The summed E-state index contributed by atoms with van der Waals surface area (Å²) in [5.41, 5.74) is 1.09. The first kappa shape index (κ1) is 13.4. The lowest BCUT2D eigenvalue weighted by molar-refractivity contribution is 0.522. The standard InChI is InChI=1S/C12H22N2OS/c1-9(2)10(11-6-13-8-14-11)7-16(15)12(3,4)5/h6,8-10H,7H2,1-5H3,(H,13,14)/t10-,16+/m0/s1. The van der Waals surface area contributed by atoms with Crippen molar-refractivity contribution in [2.45, 2.75) is 45.3 Å². The minimum absolute atomic E-state index is 0.146. The molecule has 0 saturated heterocycles. The largest absolute Gasteiger partial charge is 0.348 e. The van der Waals surface area contributed by atoms with E-state index in [9.17, 15) is 4.21 Å². The van der Waals surface area contributed by atoms with Gasteiger partial charge in [-0.15, -0.1) is 0 Å². The van der Waals surface area contributed by atoms with Crippen LogP contribution in [0.15, 0.2) is 12.5 Å². The molecule has 0 bridgehead atoms. The van der Waals surface area contributed by atoms with E-state index in [1.807, 2.05) is 27.0 Å². The molecule has 2 atom stereocenters. The first-order valence-corrected chi connectivity index (χ1v) is 7.01. The Labute approximate surface area is 101 Å². The minimum Gasteiger partial charge on any atom is -0.348 e. The number of imidazole rings is 1. The molecule has 0 unspecified atom stereocenters. The van der Waals surface area contributed by atoms with E-state index in [0.717, 1.165) is 5.69 Å². The Kier molecular flexibility index (Phi) is 4.30. The van der Waals surface area contributed by atoms with Gasteiger partial charge in [0, 0.05) is 39.1 Å². The summed E-state index contributed by atoms with van der Waals surface area (Å²) in [7, 11) is -0.820. The van der Waals surface area contributed by atoms with Crippen molar-refractivity contribution in [3.05, 3.63) is 18.2 Å². The summed E-state index contributed by atoms with van der Waals surface area (Å²) >= 11 is 0. The minimum atomic E-state index is -0.820. The second kappa shape index (κ2) is 5.13. The smallest absolute Gasteiger partial charge is 0.0921 e. The number of hydrogen-bond acceptors (Lipinski definition) is 2. The number of nitrogens with zero attached hydrogens (tertiary/aromatic N) is 1. The third-order valence-electron chi connectivity index (χ3n) is 2.74. The van der Waals surface area contributed by atoms with E-state index in [0.29, 0.717) is 17.6 Å². The van der Waals surface area contributed by atoms with Crippen molar-refractivity contribution in [1.29, 1.82) is 0 Å². The van der Waals surface area contributed by atoms with E-state index in [2.05, 4.69) is 23.8 Å². The predicted octanol–water partition coefficient (Wildman–Crippen LogP) is 2.70. The zero-order valence-corrected chi connectivity index (χ0v) is 11.6. The Bertz CT molecular complexity index is 338. The predicted molar refractivity (Wildman–Crippen MR) is 68.9 cm³/mol. The van der Waals surface area contributed by atoms with Crippen molar-refractivity contribution in [3.8, 4) is 0 Å². The van der Waals surface area contributed by atoms with Crippen molar-refractivity contribution in [2.24, 2.45) is 5.92 Å². The molecule has 0 radical (unpaired) electrons.